The zero-order valence-electron chi connectivity index (χ0n) is 12.2. The molecule has 0 saturated carbocycles. The maximum absolute atomic E-state index is 8.85. The Bertz CT molecular complexity index is 651. The van der Waals surface area contributed by atoms with Crippen molar-refractivity contribution >= 4 is 0 Å². The van der Waals surface area contributed by atoms with E-state index < -0.39 is 0 Å². The zero-order chi connectivity index (χ0) is 15.2. The van der Waals surface area contributed by atoms with Gasteiger partial charge in [0.1, 0.15) is 5.69 Å². The topological polar surface area (TPSA) is 58.3 Å². The number of oxazole rings is 1. The van der Waals surface area contributed by atoms with Gasteiger partial charge in [-0.15, -0.1) is 0 Å². The van der Waals surface area contributed by atoms with Gasteiger partial charge in [0.05, 0.1) is 13.2 Å². The van der Waals surface area contributed by atoms with E-state index in [0.717, 1.165) is 22.6 Å². The van der Waals surface area contributed by atoms with Crippen molar-refractivity contribution < 1.29 is 9.52 Å². The molecule has 0 spiro atoms. The molecule has 112 valence electrons. The Morgan fingerprint density at radius 1 is 0.909 bits per heavy atom. The van der Waals surface area contributed by atoms with E-state index in [4.69, 9.17) is 9.52 Å². The number of rotatable bonds is 6. The van der Waals surface area contributed by atoms with Crippen molar-refractivity contribution in [1.82, 2.24) is 10.3 Å². The molecule has 22 heavy (non-hydrogen) atoms. The maximum atomic E-state index is 8.85. The monoisotopic (exact) mass is 294 g/mol. The Hall–Kier alpha value is -2.43. The first-order valence-electron chi connectivity index (χ1n) is 7.30. The summed E-state index contributed by atoms with van der Waals surface area (Å²) in [5.41, 5.74) is 2.87. The Kier molecular flexibility index (Phi) is 4.63. The van der Waals surface area contributed by atoms with Crippen molar-refractivity contribution in [1.29, 1.82) is 0 Å². The van der Waals surface area contributed by atoms with Crippen LogP contribution >= 0.6 is 0 Å². The van der Waals surface area contributed by atoms with E-state index >= 15 is 0 Å². The summed E-state index contributed by atoms with van der Waals surface area (Å²) in [7, 11) is 0. The molecule has 1 heterocycles. The van der Waals surface area contributed by atoms with Crippen LogP contribution in [0.15, 0.2) is 65.1 Å². The Morgan fingerprint density at radius 2 is 1.55 bits per heavy atom. The number of benzene rings is 2. The smallest absolute Gasteiger partial charge is 0.209 e. The summed E-state index contributed by atoms with van der Waals surface area (Å²) >= 11 is 0. The highest BCUT2D eigenvalue weighted by atomic mass is 16.4. The minimum atomic E-state index is 0.0950. The van der Waals surface area contributed by atoms with Crippen molar-refractivity contribution in [3.8, 4) is 22.6 Å². The van der Waals surface area contributed by atoms with E-state index in [9.17, 15) is 0 Å². The van der Waals surface area contributed by atoms with Crippen LogP contribution in [0.2, 0.25) is 0 Å². The Labute approximate surface area is 129 Å². The van der Waals surface area contributed by atoms with Gasteiger partial charge in [-0.3, -0.25) is 0 Å². The predicted octanol–water partition coefficient (Wildman–Crippen LogP) is 3.09. The van der Waals surface area contributed by atoms with E-state index in [-0.39, 0.29) is 6.61 Å². The summed E-state index contributed by atoms with van der Waals surface area (Å²) in [6.45, 7) is 1.11. The summed E-state index contributed by atoms with van der Waals surface area (Å²) in [4.78, 5) is 4.62. The Balaban J connectivity index is 1.99. The summed E-state index contributed by atoms with van der Waals surface area (Å²) in [6.07, 6.45) is 0. The van der Waals surface area contributed by atoms with Crippen molar-refractivity contribution in [2.75, 3.05) is 13.2 Å². The van der Waals surface area contributed by atoms with Gasteiger partial charge in [-0.05, 0) is 0 Å². The fourth-order valence-electron chi connectivity index (χ4n) is 2.29. The third kappa shape index (κ3) is 3.24. The van der Waals surface area contributed by atoms with Crippen LogP contribution in [0.4, 0.5) is 0 Å². The van der Waals surface area contributed by atoms with E-state index in [0.29, 0.717) is 19.0 Å². The van der Waals surface area contributed by atoms with Crippen LogP contribution in [0.25, 0.3) is 22.6 Å². The average Bonchev–Trinajstić information content (AvgIpc) is 3.01. The number of hydrogen-bond donors (Lipinski definition) is 2. The van der Waals surface area contributed by atoms with Crippen molar-refractivity contribution in [3.05, 3.63) is 66.6 Å². The van der Waals surface area contributed by atoms with Crippen LogP contribution in [0.3, 0.4) is 0 Å². The third-order valence-electron chi connectivity index (χ3n) is 3.32. The molecule has 0 bridgehead atoms. The number of aliphatic hydroxyl groups excluding tert-OH is 1. The number of nitrogens with zero attached hydrogens (tertiary/aromatic N) is 1. The van der Waals surface area contributed by atoms with Gasteiger partial charge in [-0.2, -0.15) is 0 Å². The van der Waals surface area contributed by atoms with Gasteiger partial charge in [-0.1, -0.05) is 60.7 Å². The fourth-order valence-corrected chi connectivity index (χ4v) is 2.29. The lowest BCUT2D eigenvalue weighted by atomic mass is 10.1. The molecular weight excluding hydrogens is 276 g/mol. The molecule has 0 aliphatic heterocycles. The molecule has 0 unspecified atom stereocenters. The lowest BCUT2D eigenvalue weighted by Gasteiger charge is -2.00. The van der Waals surface area contributed by atoms with E-state index in [1.807, 2.05) is 60.7 Å². The molecule has 4 heteroatoms. The number of aliphatic hydroxyl groups is 1. The summed E-state index contributed by atoms with van der Waals surface area (Å²) < 4.78 is 5.95. The SMILES string of the molecule is OCCNCc1nc(-c2ccccc2)c(-c2ccccc2)o1. The van der Waals surface area contributed by atoms with Gasteiger partial charge < -0.3 is 14.8 Å². The van der Waals surface area contributed by atoms with Crippen molar-refractivity contribution in [2.24, 2.45) is 0 Å². The van der Waals surface area contributed by atoms with Gasteiger partial charge in [0, 0.05) is 17.7 Å². The first kappa shape index (κ1) is 14.5. The molecule has 0 radical (unpaired) electrons. The van der Waals surface area contributed by atoms with Crippen LogP contribution in [-0.2, 0) is 6.54 Å². The largest absolute Gasteiger partial charge is 0.439 e. The van der Waals surface area contributed by atoms with Gasteiger partial charge >= 0.3 is 0 Å². The molecule has 2 N–H and O–H groups in total. The lowest BCUT2D eigenvalue weighted by molar-refractivity contribution is 0.289. The number of aromatic nitrogens is 1. The van der Waals surface area contributed by atoms with Crippen LogP contribution in [0, 0.1) is 0 Å². The molecule has 0 aliphatic carbocycles. The molecule has 0 amide bonds. The summed E-state index contributed by atoms with van der Waals surface area (Å²) in [5.74, 6) is 1.39. The zero-order valence-corrected chi connectivity index (χ0v) is 12.2. The summed E-state index contributed by atoms with van der Waals surface area (Å²) in [6, 6.07) is 20.0. The minimum Gasteiger partial charge on any atom is -0.439 e. The number of nitrogens with one attached hydrogen (secondary N) is 1. The second-order valence-corrected chi connectivity index (χ2v) is 4.92. The highest BCUT2D eigenvalue weighted by molar-refractivity contribution is 5.76. The van der Waals surface area contributed by atoms with Gasteiger partial charge in [0.2, 0.25) is 5.89 Å². The molecule has 4 nitrogen and oxygen atoms in total. The van der Waals surface area contributed by atoms with Crippen molar-refractivity contribution in [3.63, 3.8) is 0 Å². The average molecular weight is 294 g/mol. The van der Waals surface area contributed by atoms with Gasteiger partial charge in [0.25, 0.3) is 0 Å². The first-order chi connectivity index (χ1) is 10.9. The van der Waals surface area contributed by atoms with Crippen LogP contribution in [0.1, 0.15) is 5.89 Å². The summed E-state index contributed by atoms with van der Waals surface area (Å²) in [5, 5.41) is 11.9. The predicted molar refractivity (Wildman–Crippen MR) is 86.2 cm³/mol. The second kappa shape index (κ2) is 7.02. The molecule has 0 aliphatic rings. The Morgan fingerprint density at radius 3 is 2.18 bits per heavy atom. The quantitative estimate of drug-likeness (QED) is 0.686. The second-order valence-electron chi connectivity index (χ2n) is 4.92. The highest BCUT2D eigenvalue weighted by Gasteiger charge is 2.16. The molecule has 1 aromatic heterocycles. The van der Waals surface area contributed by atoms with E-state index in [2.05, 4.69) is 10.3 Å². The van der Waals surface area contributed by atoms with Crippen molar-refractivity contribution in [2.45, 2.75) is 6.54 Å². The van der Waals surface area contributed by atoms with Crippen LogP contribution < -0.4 is 5.32 Å². The van der Waals surface area contributed by atoms with E-state index in [1.54, 1.807) is 0 Å². The molecular formula is C18H18N2O2. The third-order valence-corrected chi connectivity index (χ3v) is 3.32. The molecule has 0 saturated heterocycles. The normalized spacial score (nSPS) is 10.8. The fraction of sp³-hybridized carbons (Fsp3) is 0.167. The first-order valence-corrected chi connectivity index (χ1v) is 7.30. The standard InChI is InChI=1S/C18H18N2O2/c21-12-11-19-13-16-20-17(14-7-3-1-4-8-14)18(22-16)15-9-5-2-6-10-15/h1-10,19,21H,11-13H2. The molecule has 2 aromatic carbocycles. The number of hydrogen-bond acceptors (Lipinski definition) is 4. The molecule has 0 atom stereocenters. The molecule has 0 fully saturated rings. The molecule has 3 aromatic rings. The van der Waals surface area contributed by atoms with Crippen LogP contribution in [0.5, 0.6) is 0 Å². The van der Waals surface area contributed by atoms with Gasteiger partial charge in [-0.25, -0.2) is 4.98 Å². The molecule has 3 rings (SSSR count). The minimum absolute atomic E-state index is 0.0950. The van der Waals surface area contributed by atoms with E-state index in [1.165, 1.54) is 0 Å². The lowest BCUT2D eigenvalue weighted by Crippen LogP contribution is -2.17. The van der Waals surface area contributed by atoms with Gasteiger partial charge in [0.15, 0.2) is 5.76 Å². The van der Waals surface area contributed by atoms with Crippen LogP contribution in [-0.4, -0.2) is 23.2 Å². The maximum Gasteiger partial charge on any atom is 0.209 e. The highest BCUT2D eigenvalue weighted by Crippen LogP contribution is 2.32.